The fraction of sp³-hybridized carbons (Fsp3) is 0.667. The van der Waals surface area contributed by atoms with E-state index in [1.54, 1.807) is 0 Å². The first kappa shape index (κ1) is 18.1. The van der Waals surface area contributed by atoms with Crippen LogP contribution in [-0.2, 0) is 11.3 Å². The van der Waals surface area contributed by atoms with Crippen molar-refractivity contribution >= 4 is 0 Å². The van der Waals surface area contributed by atoms with Crippen LogP contribution in [0.15, 0.2) is 30.3 Å². The van der Waals surface area contributed by atoms with Gasteiger partial charge < -0.3 is 14.9 Å². The molecule has 0 amide bonds. The van der Waals surface area contributed by atoms with Crippen molar-refractivity contribution in [1.82, 2.24) is 0 Å². The average molecular weight is 294 g/mol. The van der Waals surface area contributed by atoms with Crippen molar-refractivity contribution < 1.29 is 14.9 Å². The zero-order valence-electron chi connectivity index (χ0n) is 13.5. The molecule has 0 fully saturated rings. The van der Waals surface area contributed by atoms with Crippen molar-refractivity contribution in [1.29, 1.82) is 0 Å². The summed E-state index contributed by atoms with van der Waals surface area (Å²) in [4.78, 5) is 0. The standard InChI is InChI=1S/C18H30O3/c1-14(2)18(11-7-10-17(20)15(3)12-19)21-13-16-8-5-4-6-9-16/h4-6,8-9,14-15,17-20H,7,10-13H2,1-3H3/t15-,17+,18-/m0/s1. The van der Waals surface area contributed by atoms with Crippen molar-refractivity contribution in [2.45, 2.75) is 58.8 Å². The van der Waals surface area contributed by atoms with Crippen LogP contribution >= 0.6 is 0 Å². The molecule has 0 aromatic heterocycles. The van der Waals surface area contributed by atoms with Crippen LogP contribution in [0, 0.1) is 11.8 Å². The zero-order chi connectivity index (χ0) is 15.7. The summed E-state index contributed by atoms with van der Waals surface area (Å²) in [5.41, 5.74) is 1.19. The second-order valence-electron chi connectivity index (χ2n) is 6.24. The highest BCUT2D eigenvalue weighted by Gasteiger charge is 2.17. The first-order valence-electron chi connectivity index (χ1n) is 7.99. The Kier molecular flexibility index (Phi) is 8.58. The SMILES string of the molecule is CC(C)[C@H](CCC[C@@H](O)[C@@H](C)CO)OCc1ccccc1. The van der Waals surface area contributed by atoms with Crippen LogP contribution < -0.4 is 0 Å². The van der Waals surface area contributed by atoms with Gasteiger partial charge in [-0.2, -0.15) is 0 Å². The molecule has 0 aliphatic carbocycles. The average Bonchev–Trinajstić information content (AvgIpc) is 2.50. The van der Waals surface area contributed by atoms with E-state index in [2.05, 4.69) is 26.0 Å². The van der Waals surface area contributed by atoms with Gasteiger partial charge in [0.05, 0.1) is 18.8 Å². The van der Waals surface area contributed by atoms with E-state index in [-0.39, 0.29) is 18.6 Å². The van der Waals surface area contributed by atoms with Crippen LogP contribution in [0.1, 0.15) is 45.6 Å². The Morgan fingerprint density at radius 3 is 2.29 bits per heavy atom. The molecule has 0 radical (unpaired) electrons. The van der Waals surface area contributed by atoms with E-state index in [9.17, 15) is 5.11 Å². The monoisotopic (exact) mass is 294 g/mol. The summed E-state index contributed by atoms with van der Waals surface area (Å²) >= 11 is 0. The van der Waals surface area contributed by atoms with Crippen LogP contribution in [0.25, 0.3) is 0 Å². The van der Waals surface area contributed by atoms with Gasteiger partial charge in [-0.15, -0.1) is 0 Å². The van der Waals surface area contributed by atoms with E-state index in [0.29, 0.717) is 12.5 Å². The van der Waals surface area contributed by atoms with Crippen molar-refractivity contribution in [2.75, 3.05) is 6.61 Å². The summed E-state index contributed by atoms with van der Waals surface area (Å²) in [6.45, 7) is 6.89. The van der Waals surface area contributed by atoms with E-state index < -0.39 is 6.10 Å². The molecule has 3 nitrogen and oxygen atoms in total. The van der Waals surface area contributed by atoms with Gasteiger partial charge in [-0.3, -0.25) is 0 Å². The second-order valence-corrected chi connectivity index (χ2v) is 6.24. The minimum absolute atomic E-state index is 0.0410. The Morgan fingerprint density at radius 1 is 1.05 bits per heavy atom. The molecule has 0 saturated carbocycles. The smallest absolute Gasteiger partial charge is 0.0720 e. The summed E-state index contributed by atoms with van der Waals surface area (Å²) in [5, 5.41) is 18.9. The molecular formula is C18H30O3. The lowest BCUT2D eigenvalue weighted by atomic mass is 9.96. The molecule has 0 spiro atoms. The number of rotatable bonds is 10. The number of benzene rings is 1. The maximum atomic E-state index is 9.88. The fourth-order valence-electron chi connectivity index (χ4n) is 2.32. The number of hydrogen-bond acceptors (Lipinski definition) is 3. The zero-order valence-corrected chi connectivity index (χ0v) is 13.5. The molecule has 1 aromatic carbocycles. The fourth-order valence-corrected chi connectivity index (χ4v) is 2.32. The minimum Gasteiger partial charge on any atom is -0.396 e. The summed E-state index contributed by atoms with van der Waals surface area (Å²) in [5.74, 6) is 0.411. The van der Waals surface area contributed by atoms with E-state index in [1.807, 2.05) is 25.1 Å². The van der Waals surface area contributed by atoms with Crippen LogP contribution in [-0.4, -0.2) is 29.0 Å². The molecule has 120 valence electrons. The Bertz CT molecular complexity index is 364. The van der Waals surface area contributed by atoms with Gasteiger partial charge in [-0.05, 0) is 30.7 Å². The Hall–Kier alpha value is -0.900. The quantitative estimate of drug-likeness (QED) is 0.695. The normalized spacial score (nSPS) is 15.9. The van der Waals surface area contributed by atoms with Gasteiger partial charge in [-0.1, -0.05) is 51.1 Å². The number of ether oxygens (including phenoxy) is 1. The lowest BCUT2D eigenvalue weighted by molar-refractivity contribution is -0.000693. The summed E-state index contributed by atoms with van der Waals surface area (Å²) in [6, 6.07) is 10.2. The first-order valence-corrected chi connectivity index (χ1v) is 7.99. The predicted molar refractivity (Wildman–Crippen MR) is 86.0 cm³/mol. The molecular weight excluding hydrogens is 264 g/mol. The van der Waals surface area contributed by atoms with E-state index in [0.717, 1.165) is 19.3 Å². The highest BCUT2D eigenvalue weighted by Crippen LogP contribution is 2.18. The largest absolute Gasteiger partial charge is 0.396 e. The summed E-state index contributed by atoms with van der Waals surface area (Å²) in [6.07, 6.45) is 2.38. The lowest BCUT2D eigenvalue weighted by Gasteiger charge is -2.23. The highest BCUT2D eigenvalue weighted by atomic mass is 16.5. The molecule has 0 aliphatic rings. The van der Waals surface area contributed by atoms with Crippen molar-refractivity contribution in [3.8, 4) is 0 Å². The lowest BCUT2D eigenvalue weighted by Crippen LogP contribution is -2.23. The van der Waals surface area contributed by atoms with Gasteiger partial charge in [0.25, 0.3) is 0 Å². The maximum Gasteiger partial charge on any atom is 0.0720 e. The van der Waals surface area contributed by atoms with Crippen molar-refractivity contribution in [2.24, 2.45) is 11.8 Å². The van der Waals surface area contributed by atoms with E-state index in [1.165, 1.54) is 5.56 Å². The number of hydrogen-bond donors (Lipinski definition) is 2. The molecule has 1 aromatic rings. The van der Waals surface area contributed by atoms with Gasteiger partial charge in [0.1, 0.15) is 0 Å². The molecule has 3 heteroatoms. The molecule has 3 atom stereocenters. The summed E-state index contributed by atoms with van der Waals surface area (Å²) < 4.78 is 6.03. The molecule has 21 heavy (non-hydrogen) atoms. The maximum absolute atomic E-state index is 9.88. The third-order valence-corrected chi connectivity index (χ3v) is 3.98. The van der Waals surface area contributed by atoms with Crippen molar-refractivity contribution in [3.63, 3.8) is 0 Å². The van der Waals surface area contributed by atoms with Crippen molar-refractivity contribution in [3.05, 3.63) is 35.9 Å². The Morgan fingerprint density at radius 2 is 1.71 bits per heavy atom. The molecule has 1 rings (SSSR count). The van der Waals surface area contributed by atoms with E-state index >= 15 is 0 Å². The second kappa shape index (κ2) is 9.93. The Labute approximate surface area is 129 Å². The molecule has 0 saturated heterocycles. The number of aliphatic hydroxyl groups excluding tert-OH is 2. The first-order chi connectivity index (χ1) is 10.0. The third kappa shape index (κ3) is 7.07. The van der Waals surface area contributed by atoms with Gasteiger partial charge in [0.15, 0.2) is 0 Å². The predicted octanol–water partition coefficient (Wildman–Crippen LogP) is 3.39. The topological polar surface area (TPSA) is 49.7 Å². The molecule has 0 aliphatic heterocycles. The molecule has 0 unspecified atom stereocenters. The molecule has 0 heterocycles. The molecule has 2 N–H and O–H groups in total. The summed E-state index contributed by atoms with van der Waals surface area (Å²) in [7, 11) is 0. The Balaban J connectivity index is 2.33. The number of aliphatic hydroxyl groups is 2. The minimum atomic E-state index is -0.420. The van der Waals surface area contributed by atoms with Gasteiger partial charge in [-0.25, -0.2) is 0 Å². The van der Waals surface area contributed by atoms with Crippen LogP contribution in [0.5, 0.6) is 0 Å². The van der Waals surface area contributed by atoms with Crippen LogP contribution in [0.3, 0.4) is 0 Å². The van der Waals surface area contributed by atoms with Crippen LogP contribution in [0.2, 0.25) is 0 Å². The van der Waals surface area contributed by atoms with Gasteiger partial charge >= 0.3 is 0 Å². The van der Waals surface area contributed by atoms with Gasteiger partial charge in [0, 0.05) is 12.5 Å². The molecule has 0 bridgehead atoms. The van der Waals surface area contributed by atoms with Gasteiger partial charge in [0.2, 0.25) is 0 Å². The highest BCUT2D eigenvalue weighted by molar-refractivity contribution is 5.13. The van der Waals surface area contributed by atoms with Crippen LogP contribution in [0.4, 0.5) is 0 Å². The third-order valence-electron chi connectivity index (χ3n) is 3.98. The van der Waals surface area contributed by atoms with E-state index in [4.69, 9.17) is 9.84 Å².